The van der Waals surface area contributed by atoms with E-state index in [1.807, 2.05) is 6.21 Å². The number of hydrogen-bond donors (Lipinski definition) is 0. The van der Waals surface area contributed by atoms with Gasteiger partial charge in [-0.2, -0.15) is 0 Å². The number of benzene rings is 1. The van der Waals surface area contributed by atoms with Crippen molar-refractivity contribution in [2.45, 2.75) is 52.9 Å². The molecule has 0 aliphatic carbocycles. The summed E-state index contributed by atoms with van der Waals surface area (Å²) in [5.74, 6) is 1.63. The molecule has 0 aliphatic rings. The van der Waals surface area contributed by atoms with Gasteiger partial charge in [0.1, 0.15) is 18.5 Å². The molecule has 0 aliphatic heterocycles. The molecular weight excluding hydrogens is 331 g/mol. The standard InChI is InChI=1S/C18H24N4.Ni/c1-12(2)15-8-14(5)9-16(13(3)4)18(15)20-7-6-17-21-10-19-11-22-17;/h7-13H,6H2,1-5H3;. The average molecular weight is 355 g/mol. The van der Waals surface area contributed by atoms with Crippen LogP contribution in [-0.4, -0.2) is 21.2 Å². The van der Waals surface area contributed by atoms with Crippen LogP contribution in [0.3, 0.4) is 0 Å². The second-order valence-corrected chi connectivity index (χ2v) is 6.17. The van der Waals surface area contributed by atoms with Gasteiger partial charge in [0.15, 0.2) is 0 Å². The van der Waals surface area contributed by atoms with Gasteiger partial charge in [-0.1, -0.05) is 45.4 Å². The van der Waals surface area contributed by atoms with Gasteiger partial charge in [0.2, 0.25) is 0 Å². The Morgan fingerprint density at radius 3 is 2.00 bits per heavy atom. The zero-order chi connectivity index (χ0) is 16.1. The number of rotatable bonds is 5. The molecule has 0 fully saturated rings. The van der Waals surface area contributed by atoms with E-state index in [0.717, 1.165) is 11.5 Å². The zero-order valence-corrected chi connectivity index (χ0v) is 15.3. The van der Waals surface area contributed by atoms with Crippen LogP contribution in [0, 0.1) is 6.92 Å². The van der Waals surface area contributed by atoms with E-state index < -0.39 is 0 Å². The maximum atomic E-state index is 4.76. The maximum absolute atomic E-state index is 4.76. The van der Waals surface area contributed by atoms with Crippen molar-refractivity contribution < 1.29 is 16.5 Å². The Balaban J connectivity index is 0.00000264. The van der Waals surface area contributed by atoms with Gasteiger partial charge in [-0.05, 0) is 29.9 Å². The summed E-state index contributed by atoms with van der Waals surface area (Å²) in [5, 5.41) is 0. The Morgan fingerprint density at radius 2 is 1.52 bits per heavy atom. The van der Waals surface area contributed by atoms with E-state index in [0.29, 0.717) is 18.3 Å². The number of aryl methyl sites for hydroxylation is 1. The third kappa shape index (κ3) is 5.21. The van der Waals surface area contributed by atoms with Crippen LogP contribution < -0.4 is 0 Å². The van der Waals surface area contributed by atoms with E-state index in [1.165, 1.54) is 29.3 Å². The fraction of sp³-hybridized carbons (Fsp3) is 0.444. The minimum atomic E-state index is 0. The quantitative estimate of drug-likeness (QED) is 0.591. The van der Waals surface area contributed by atoms with Crippen LogP contribution >= 0.6 is 0 Å². The molecule has 1 aromatic heterocycles. The minimum Gasteiger partial charge on any atom is -0.260 e. The number of aromatic nitrogens is 3. The second-order valence-electron chi connectivity index (χ2n) is 6.17. The summed E-state index contributed by atoms with van der Waals surface area (Å²) in [7, 11) is 0. The fourth-order valence-corrected chi connectivity index (χ4v) is 2.45. The van der Waals surface area contributed by atoms with Crippen LogP contribution in [0.4, 0.5) is 5.69 Å². The van der Waals surface area contributed by atoms with Crippen LogP contribution in [0.1, 0.15) is 62.0 Å². The van der Waals surface area contributed by atoms with Gasteiger partial charge in [-0.25, -0.2) is 15.0 Å². The average Bonchev–Trinajstić information content (AvgIpc) is 2.48. The Hall–Kier alpha value is -1.61. The van der Waals surface area contributed by atoms with E-state index in [2.05, 4.69) is 61.7 Å². The zero-order valence-electron chi connectivity index (χ0n) is 14.4. The molecule has 0 amide bonds. The molecular formula is C18H24N4Ni. The van der Waals surface area contributed by atoms with Crippen LogP contribution in [0.25, 0.3) is 0 Å². The van der Waals surface area contributed by atoms with Gasteiger partial charge in [-0.3, -0.25) is 4.99 Å². The van der Waals surface area contributed by atoms with E-state index in [4.69, 9.17) is 4.99 Å². The normalized spacial score (nSPS) is 11.3. The monoisotopic (exact) mass is 354 g/mol. The Morgan fingerprint density at radius 1 is 1.00 bits per heavy atom. The molecule has 0 radical (unpaired) electrons. The minimum absolute atomic E-state index is 0. The van der Waals surface area contributed by atoms with Gasteiger partial charge < -0.3 is 0 Å². The van der Waals surface area contributed by atoms with Gasteiger partial charge in [0.05, 0.1) is 5.69 Å². The molecule has 4 nitrogen and oxygen atoms in total. The smallest absolute Gasteiger partial charge is 0.137 e. The van der Waals surface area contributed by atoms with Crippen molar-refractivity contribution in [3.63, 3.8) is 0 Å². The van der Waals surface area contributed by atoms with Crippen molar-refractivity contribution in [3.8, 4) is 0 Å². The fourth-order valence-electron chi connectivity index (χ4n) is 2.45. The molecule has 0 saturated heterocycles. The predicted molar refractivity (Wildman–Crippen MR) is 91.0 cm³/mol. The summed E-state index contributed by atoms with van der Waals surface area (Å²) in [5.41, 5.74) is 5.00. The van der Waals surface area contributed by atoms with Crippen LogP contribution in [0.2, 0.25) is 0 Å². The maximum Gasteiger partial charge on any atom is 0.137 e. The Bertz CT molecular complexity index is 622. The molecule has 0 N–H and O–H groups in total. The first-order chi connectivity index (χ1) is 10.5. The molecule has 126 valence electrons. The van der Waals surface area contributed by atoms with Gasteiger partial charge in [0, 0.05) is 29.1 Å². The molecule has 2 aromatic rings. The number of hydrogen-bond acceptors (Lipinski definition) is 4. The van der Waals surface area contributed by atoms with Crippen LogP contribution in [0.5, 0.6) is 0 Å². The van der Waals surface area contributed by atoms with E-state index in [1.54, 1.807) is 0 Å². The Labute approximate surface area is 148 Å². The van der Waals surface area contributed by atoms with Gasteiger partial charge >= 0.3 is 0 Å². The summed E-state index contributed by atoms with van der Waals surface area (Å²) < 4.78 is 0. The van der Waals surface area contributed by atoms with Crippen molar-refractivity contribution in [3.05, 3.63) is 47.3 Å². The number of nitrogens with zero attached hydrogens (tertiary/aromatic N) is 4. The topological polar surface area (TPSA) is 51.0 Å². The van der Waals surface area contributed by atoms with Crippen molar-refractivity contribution in [2.75, 3.05) is 0 Å². The van der Waals surface area contributed by atoms with Crippen molar-refractivity contribution >= 4 is 11.9 Å². The third-order valence-corrected chi connectivity index (χ3v) is 3.60. The first-order valence-electron chi connectivity index (χ1n) is 7.77. The molecule has 23 heavy (non-hydrogen) atoms. The summed E-state index contributed by atoms with van der Waals surface area (Å²) in [4.78, 5) is 16.8. The summed E-state index contributed by atoms with van der Waals surface area (Å²) in [6.45, 7) is 11.0. The molecule has 0 bridgehead atoms. The summed E-state index contributed by atoms with van der Waals surface area (Å²) in [6, 6.07) is 4.48. The molecule has 0 saturated carbocycles. The van der Waals surface area contributed by atoms with Crippen molar-refractivity contribution in [1.82, 2.24) is 15.0 Å². The largest absolute Gasteiger partial charge is 0.260 e. The van der Waals surface area contributed by atoms with Crippen molar-refractivity contribution in [2.24, 2.45) is 4.99 Å². The summed E-state index contributed by atoms with van der Waals surface area (Å²) >= 11 is 0. The van der Waals surface area contributed by atoms with E-state index in [9.17, 15) is 0 Å². The molecule has 2 rings (SSSR count). The van der Waals surface area contributed by atoms with Crippen LogP contribution in [-0.2, 0) is 22.9 Å². The first kappa shape index (κ1) is 19.4. The Kier molecular flexibility index (Phi) is 7.50. The first-order valence-corrected chi connectivity index (χ1v) is 7.77. The van der Waals surface area contributed by atoms with E-state index >= 15 is 0 Å². The van der Waals surface area contributed by atoms with Crippen LogP contribution in [0.15, 0.2) is 29.8 Å². The molecule has 5 heteroatoms. The molecule has 0 spiro atoms. The molecule has 1 aromatic carbocycles. The SMILES string of the molecule is Cc1cc(C(C)C)c(N=CCc2ncncn2)c(C(C)C)c1.[Ni]. The third-order valence-electron chi connectivity index (χ3n) is 3.60. The molecule has 1 heterocycles. The second kappa shape index (κ2) is 8.88. The van der Waals surface area contributed by atoms with Crippen molar-refractivity contribution in [1.29, 1.82) is 0 Å². The number of aliphatic imine (C=N–C) groups is 1. The predicted octanol–water partition coefficient (Wildman–Crippen LogP) is 4.37. The molecule has 0 atom stereocenters. The summed E-state index contributed by atoms with van der Waals surface area (Å²) in [6.07, 6.45) is 5.55. The van der Waals surface area contributed by atoms with Gasteiger partial charge in [0.25, 0.3) is 0 Å². The molecule has 0 unspecified atom stereocenters. The van der Waals surface area contributed by atoms with Gasteiger partial charge in [-0.15, -0.1) is 0 Å². The van der Waals surface area contributed by atoms with E-state index in [-0.39, 0.29) is 16.5 Å².